The molecule has 5 nitrogen and oxygen atoms in total. The van der Waals surface area contributed by atoms with Crippen molar-refractivity contribution in [2.75, 3.05) is 20.8 Å². The number of hydrogen-bond acceptors (Lipinski definition) is 5. The lowest BCUT2D eigenvalue weighted by atomic mass is 9.89. The van der Waals surface area contributed by atoms with E-state index in [1.165, 1.54) is 7.11 Å². The molecule has 2 aromatic carbocycles. The van der Waals surface area contributed by atoms with Crippen molar-refractivity contribution in [3.05, 3.63) is 41.5 Å². The number of phenols is 1. The van der Waals surface area contributed by atoms with Crippen molar-refractivity contribution in [3.63, 3.8) is 0 Å². The van der Waals surface area contributed by atoms with Crippen LogP contribution in [0.1, 0.15) is 23.1 Å². The Morgan fingerprint density at radius 3 is 2.68 bits per heavy atom. The highest BCUT2D eigenvalue weighted by Gasteiger charge is 2.41. The number of fused-ring (bicyclic) bond motifs is 5. The molecule has 2 heterocycles. The summed E-state index contributed by atoms with van der Waals surface area (Å²) < 4.78 is 22.4. The number of phenolic OH excluding ortho intramolecular Hbond substituents is 1. The summed E-state index contributed by atoms with van der Waals surface area (Å²) in [6, 6.07) is 9.20. The van der Waals surface area contributed by atoms with E-state index in [0.717, 1.165) is 22.6 Å². The van der Waals surface area contributed by atoms with Gasteiger partial charge in [0.1, 0.15) is 23.4 Å². The van der Waals surface area contributed by atoms with Crippen molar-refractivity contribution in [2.24, 2.45) is 0 Å². The van der Waals surface area contributed by atoms with Crippen molar-refractivity contribution < 1.29 is 24.1 Å². The molecule has 0 spiro atoms. The van der Waals surface area contributed by atoms with Crippen molar-refractivity contribution in [1.29, 1.82) is 0 Å². The Kier molecular flexibility index (Phi) is 2.82. The lowest BCUT2D eigenvalue weighted by Crippen LogP contribution is -2.23. The van der Waals surface area contributed by atoms with Gasteiger partial charge in [0.25, 0.3) is 0 Å². The third-order valence-corrected chi connectivity index (χ3v) is 4.28. The molecule has 0 bridgehead atoms. The zero-order valence-electron chi connectivity index (χ0n) is 12.3. The molecule has 0 aliphatic carbocycles. The first-order chi connectivity index (χ1) is 10.7. The molecule has 114 valence electrons. The van der Waals surface area contributed by atoms with Crippen molar-refractivity contribution in [2.45, 2.75) is 12.0 Å². The number of benzene rings is 2. The molecular formula is C17H16O5. The van der Waals surface area contributed by atoms with E-state index in [9.17, 15) is 5.11 Å². The SMILES string of the molecule is COc1ccc2c(c1)O[C@@H]1c3cc(OC)c(O)cc3OC[C@H]21. The van der Waals surface area contributed by atoms with Crippen LogP contribution in [0.2, 0.25) is 0 Å². The molecule has 0 aromatic heterocycles. The van der Waals surface area contributed by atoms with Crippen LogP contribution in [0, 0.1) is 0 Å². The Hall–Kier alpha value is -2.56. The minimum Gasteiger partial charge on any atom is -0.504 e. The highest BCUT2D eigenvalue weighted by atomic mass is 16.5. The molecule has 5 heteroatoms. The van der Waals surface area contributed by atoms with E-state index in [-0.39, 0.29) is 17.8 Å². The van der Waals surface area contributed by atoms with Gasteiger partial charge in [-0.15, -0.1) is 0 Å². The molecule has 1 N–H and O–H groups in total. The Balaban J connectivity index is 1.78. The summed E-state index contributed by atoms with van der Waals surface area (Å²) in [5.74, 6) is 2.83. The molecule has 0 radical (unpaired) electrons. The average molecular weight is 300 g/mol. The lowest BCUT2D eigenvalue weighted by Gasteiger charge is -2.28. The molecular weight excluding hydrogens is 284 g/mol. The van der Waals surface area contributed by atoms with E-state index in [0.29, 0.717) is 18.1 Å². The van der Waals surface area contributed by atoms with Crippen LogP contribution in [0.3, 0.4) is 0 Å². The Morgan fingerprint density at radius 2 is 1.91 bits per heavy atom. The van der Waals surface area contributed by atoms with Gasteiger partial charge in [-0.1, -0.05) is 6.07 Å². The highest BCUT2D eigenvalue weighted by molar-refractivity contribution is 5.56. The number of ether oxygens (including phenoxy) is 4. The van der Waals surface area contributed by atoms with Gasteiger partial charge in [-0.05, 0) is 12.1 Å². The van der Waals surface area contributed by atoms with Gasteiger partial charge in [0, 0.05) is 23.3 Å². The van der Waals surface area contributed by atoms with Gasteiger partial charge in [0.2, 0.25) is 0 Å². The fraction of sp³-hybridized carbons (Fsp3) is 0.294. The maximum Gasteiger partial charge on any atom is 0.161 e. The second-order valence-electron chi connectivity index (χ2n) is 5.42. The summed E-state index contributed by atoms with van der Waals surface area (Å²) >= 11 is 0. The summed E-state index contributed by atoms with van der Waals surface area (Å²) in [7, 11) is 3.16. The highest BCUT2D eigenvalue weighted by Crippen LogP contribution is 2.53. The van der Waals surface area contributed by atoms with Gasteiger partial charge in [-0.2, -0.15) is 0 Å². The monoisotopic (exact) mass is 300 g/mol. The zero-order valence-corrected chi connectivity index (χ0v) is 12.3. The van der Waals surface area contributed by atoms with E-state index in [4.69, 9.17) is 18.9 Å². The molecule has 2 atom stereocenters. The fourth-order valence-electron chi connectivity index (χ4n) is 3.14. The minimum absolute atomic E-state index is 0.0666. The summed E-state index contributed by atoms with van der Waals surface area (Å²) in [4.78, 5) is 0. The number of methoxy groups -OCH3 is 2. The molecule has 0 saturated heterocycles. The van der Waals surface area contributed by atoms with Crippen LogP contribution >= 0.6 is 0 Å². The molecule has 0 saturated carbocycles. The molecule has 0 fully saturated rings. The zero-order chi connectivity index (χ0) is 15.3. The van der Waals surface area contributed by atoms with Gasteiger partial charge in [-0.25, -0.2) is 0 Å². The number of hydrogen-bond donors (Lipinski definition) is 1. The standard InChI is InChI=1S/C17H16O5/c1-19-9-3-4-10-12-8-21-14-7-13(18)16(20-2)6-11(14)17(12)22-15(10)5-9/h3-7,12,17-18H,8H2,1-2H3/t12-,17-/m1/s1. The van der Waals surface area contributed by atoms with Gasteiger partial charge >= 0.3 is 0 Å². The van der Waals surface area contributed by atoms with Crippen LogP contribution < -0.4 is 18.9 Å². The van der Waals surface area contributed by atoms with Crippen molar-refractivity contribution in [3.8, 4) is 28.7 Å². The Morgan fingerprint density at radius 1 is 1.05 bits per heavy atom. The normalized spacial score (nSPS) is 21.0. The molecule has 2 aliphatic heterocycles. The number of rotatable bonds is 2. The minimum atomic E-state index is -0.139. The van der Waals surface area contributed by atoms with Crippen LogP contribution in [-0.4, -0.2) is 25.9 Å². The molecule has 22 heavy (non-hydrogen) atoms. The van der Waals surface area contributed by atoms with Crippen LogP contribution in [0.5, 0.6) is 28.7 Å². The second-order valence-corrected chi connectivity index (χ2v) is 5.42. The largest absolute Gasteiger partial charge is 0.504 e. The van der Waals surface area contributed by atoms with E-state index < -0.39 is 0 Å². The first-order valence-electron chi connectivity index (χ1n) is 7.09. The van der Waals surface area contributed by atoms with Gasteiger partial charge in [-0.3, -0.25) is 0 Å². The molecule has 2 aromatic rings. The van der Waals surface area contributed by atoms with Crippen LogP contribution in [0.15, 0.2) is 30.3 Å². The first-order valence-corrected chi connectivity index (χ1v) is 7.09. The Labute approximate surface area is 128 Å². The van der Waals surface area contributed by atoms with E-state index in [1.54, 1.807) is 19.2 Å². The summed E-state index contributed by atoms with van der Waals surface area (Å²) in [5, 5.41) is 9.89. The summed E-state index contributed by atoms with van der Waals surface area (Å²) in [6.07, 6.45) is -0.139. The van der Waals surface area contributed by atoms with Crippen molar-refractivity contribution >= 4 is 0 Å². The van der Waals surface area contributed by atoms with E-state index in [2.05, 4.69) is 0 Å². The van der Waals surface area contributed by atoms with Gasteiger partial charge in [0.15, 0.2) is 11.5 Å². The predicted octanol–water partition coefficient (Wildman–Crippen LogP) is 3.02. The predicted molar refractivity (Wildman–Crippen MR) is 79.3 cm³/mol. The molecule has 0 amide bonds. The van der Waals surface area contributed by atoms with Crippen molar-refractivity contribution in [1.82, 2.24) is 0 Å². The van der Waals surface area contributed by atoms with Gasteiger partial charge < -0.3 is 24.1 Å². The van der Waals surface area contributed by atoms with Crippen LogP contribution in [0.25, 0.3) is 0 Å². The fourth-order valence-corrected chi connectivity index (χ4v) is 3.14. The van der Waals surface area contributed by atoms with E-state index in [1.807, 2.05) is 18.2 Å². The first kappa shape index (κ1) is 13.1. The summed E-state index contributed by atoms with van der Waals surface area (Å²) in [5.41, 5.74) is 2.00. The summed E-state index contributed by atoms with van der Waals surface area (Å²) in [6.45, 7) is 0.517. The average Bonchev–Trinajstić information content (AvgIpc) is 2.91. The lowest BCUT2D eigenvalue weighted by molar-refractivity contribution is 0.138. The maximum absolute atomic E-state index is 9.89. The van der Waals surface area contributed by atoms with Crippen LogP contribution in [0.4, 0.5) is 0 Å². The second kappa shape index (κ2) is 4.73. The topological polar surface area (TPSA) is 57.2 Å². The van der Waals surface area contributed by atoms with Crippen LogP contribution in [-0.2, 0) is 0 Å². The number of aromatic hydroxyl groups is 1. The quantitative estimate of drug-likeness (QED) is 0.924. The maximum atomic E-state index is 9.89. The smallest absolute Gasteiger partial charge is 0.161 e. The molecule has 2 aliphatic rings. The van der Waals surface area contributed by atoms with Gasteiger partial charge in [0.05, 0.1) is 26.7 Å². The Bertz CT molecular complexity index is 740. The third-order valence-electron chi connectivity index (χ3n) is 4.28. The third kappa shape index (κ3) is 1.78. The van der Waals surface area contributed by atoms with E-state index >= 15 is 0 Å². The molecule has 4 rings (SSSR count). The molecule has 0 unspecified atom stereocenters.